The van der Waals surface area contributed by atoms with E-state index in [9.17, 15) is 14.4 Å². The van der Waals surface area contributed by atoms with Crippen LogP contribution in [0.5, 0.6) is 0 Å². The van der Waals surface area contributed by atoms with Crippen molar-refractivity contribution in [2.75, 3.05) is 13.6 Å². The van der Waals surface area contributed by atoms with Crippen molar-refractivity contribution in [1.29, 1.82) is 0 Å². The van der Waals surface area contributed by atoms with Gasteiger partial charge < -0.3 is 9.69 Å². The number of urea groups is 1. The molecule has 0 radical (unpaired) electrons. The van der Waals surface area contributed by atoms with E-state index in [-0.39, 0.29) is 23.3 Å². The zero-order valence-electron chi connectivity index (χ0n) is 15.9. The van der Waals surface area contributed by atoms with E-state index < -0.39 is 5.54 Å². The van der Waals surface area contributed by atoms with Gasteiger partial charge in [0.15, 0.2) is 0 Å². The molecule has 26 heavy (non-hydrogen) atoms. The first-order chi connectivity index (χ1) is 12.4. The lowest BCUT2D eigenvalue weighted by molar-refractivity contribution is -0.136. The normalized spacial score (nSPS) is 38.5. The van der Waals surface area contributed by atoms with Crippen LogP contribution in [0.3, 0.4) is 0 Å². The number of carbonyl (C=O) groups excluding carboxylic acids is 3. The van der Waals surface area contributed by atoms with Crippen molar-refractivity contribution >= 4 is 18.2 Å². The number of hydrogen-bond acceptors (Lipinski definition) is 3. The molecule has 2 bridgehead atoms. The quantitative estimate of drug-likeness (QED) is 0.430. The summed E-state index contributed by atoms with van der Waals surface area (Å²) in [6.07, 6.45) is 13.4. The molecule has 0 aromatic heterocycles. The van der Waals surface area contributed by atoms with Gasteiger partial charge in [0.05, 0.1) is 0 Å². The molecule has 142 valence electrons. The third kappa shape index (κ3) is 2.46. The molecule has 2 unspecified atom stereocenters. The Morgan fingerprint density at radius 1 is 1.15 bits per heavy atom. The van der Waals surface area contributed by atoms with Gasteiger partial charge in [0.25, 0.3) is 5.91 Å². The highest BCUT2D eigenvalue weighted by Crippen LogP contribution is 2.51. The zero-order chi connectivity index (χ0) is 18.5. The second-order valence-electron chi connectivity index (χ2n) is 9.12. The van der Waals surface area contributed by atoms with Crippen LogP contribution < -0.4 is 0 Å². The smallest absolute Gasteiger partial charge is 0.313 e. The van der Waals surface area contributed by atoms with Crippen molar-refractivity contribution in [3.63, 3.8) is 0 Å². The molecule has 3 amide bonds. The summed E-state index contributed by atoms with van der Waals surface area (Å²) in [5.41, 5.74) is -1.09. The zero-order valence-corrected chi connectivity index (χ0v) is 15.9. The fourth-order valence-corrected chi connectivity index (χ4v) is 5.93. The predicted molar refractivity (Wildman–Crippen MR) is 98.3 cm³/mol. The summed E-state index contributed by atoms with van der Waals surface area (Å²) in [5.74, 6) is 1.11. The molecule has 0 spiro atoms. The summed E-state index contributed by atoms with van der Waals surface area (Å²) in [5, 5.41) is 0. The number of fused-ring (bicyclic) bond motifs is 2. The third-order valence-electron chi connectivity index (χ3n) is 7.83. The molecular weight excluding hydrogens is 328 g/mol. The summed E-state index contributed by atoms with van der Waals surface area (Å²) < 4.78 is 0. The Morgan fingerprint density at radius 2 is 1.88 bits per heavy atom. The summed E-state index contributed by atoms with van der Waals surface area (Å²) in [6.45, 7) is 2.32. The maximum Gasteiger partial charge on any atom is 0.327 e. The van der Waals surface area contributed by atoms with Crippen molar-refractivity contribution in [1.82, 2.24) is 9.80 Å². The number of amides is 3. The maximum absolute atomic E-state index is 13.3. The van der Waals surface area contributed by atoms with E-state index in [4.69, 9.17) is 0 Å². The van der Waals surface area contributed by atoms with Crippen molar-refractivity contribution in [2.24, 2.45) is 23.2 Å². The Balaban J connectivity index is 1.51. The molecule has 4 aliphatic rings. The third-order valence-corrected chi connectivity index (χ3v) is 7.83. The average Bonchev–Trinajstić information content (AvgIpc) is 3.34. The van der Waals surface area contributed by atoms with Gasteiger partial charge >= 0.3 is 6.03 Å². The number of allylic oxidation sites excluding steroid dienone is 2. The lowest BCUT2D eigenvalue weighted by atomic mass is 9.73. The lowest BCUT2D eigenvalue weighted by Crippen LogP contribution is -2.52. The van der Waals surface area contributed by atoms with Crippen molar-refractivity contribution in [3.05, 3.63) is 12.2 Å². The molecular formula is C21H30N2O3. The molecule has 0 aromatic rings. The number of hydrogen-bond donors (Lipinski definition) is 0. The van der Waals surface area contributed by atoms with Crippen LogP contribution in [0, 0.1) is 23.2 Å². The average molecular weight is 358 g/mol. The second kappa shape index (κ2) is 6.21. The van der Waals surface area contributed by atoms with Gasteiger partial charge in [-0.15, -0.1) is 0 Å². The number of imide groups is 1. The number of carbonyl (C=O) groups is 3. The lowest BCUT2D eigenvalue weighted by Gasteiger charge is -2.38. The van der Waals surface area contributed by atoms with Gasteiger partial charge in [0.2, 0.25) is 0 Å². The van der Waals surface area contributed by atoms with Crippen molar-refractivity contribution < 1.29 is 14.4 Å². The van der Waals surface area contributed by atoms with Crippen LogP contribution in [0.25, 0.3) is 0 Å². The Labute approximate surface area is 155 Å². The highest BCUT2D eigenvalue weighted by molar-refractivity contribution is 6.07. The Bertz CT molecular complexity index is 652. The van der Waals surface area contributed by atoms with Gasteiger partial charge in [-0.05, 0) is 56.8 Å². The molecule has 0 aromatic carbocycles. The number of rotatable bonds is 5. The maximum atomic E-state index is 13.3. The summed E-state index contributed by atoms with van der Waals surface area (Å²) in [4.78, 5) is 41.0. The summed E-state index contributed by atoms with van der Waals surface area (Å²) in [7, 11) is 1.77. The van der Waals surface area contributed by atoms with Gasteiger partial charge in [-0.1, -0.05) is 31.4 Å². The number of likely N-dealkylation sites (N-methyl/N-ethyl adjacent to an activating group) is 1. The SMILES string of the molecule is CN1C(=O)N(CCC2(C=O)CCCCC2)C(=O)C1(C)C1C[C@@H]2C=C[C@H]1C2. The van der Waals surface area contributed by atoms with Crippen LogP contribution in [0.4, 0.5) is 4.79 Å². The van der Waals surface area contributed by atoms with E-state index in [1.165, 1.54) is 11.3 Å². The molecule has 1 aliphatic heterocycles. The molecule has 0 N–H and O–H groups in total. The van der Waals surface area contributed by atoms with E-state index >= 15 is 0 Å². The summed E-state index contributed by atoms with van der Waals surface area (Å²) in [6, 6.07) is -0.193. The minimum absolute atomic E-state index is 0.0622. The molecule has 2 saturated carbocycles. The van der Waals surface area contributed by atoms with Crippen molar-refractivity contribution in [2.45, 2.75) is 63.8 Å². The predicted octanol–water partition coefficient (Wildman–Crippen LogP) is 3.39. The molecule has 4 rings (SSSR count). The number of aldehydes is 1. The van der Waals surface area contributed by atoms with E-state index in [1.807, 2.05) is 6.92 Å². The van der Waals surface area contributed by atoms with Crippen LogP contribution in [0.15, 0.2) is 12.2 Å². The van der Waals surface area contributed by atoms with Crippen LogP contribution >= 0.6 is 0 Å². The number of nitrogens with zero attached hydrogens (tertiary/aromatic N) is 2. The minimum Gasteiger partial charge on any atom is -0.313 e. The fourth-order valence-electron chi connectivity index (χ4n) is 5.93. The van der Waals surface area contributed by atoms with Gasteiger partial charge in [-0.3, -0.25) is 9.69 Å². The van der Waals surface area contributed by atoms with E-state index in [2.05, 4.69) is 12.2 Å². The molecule has 3 aliphatic carbocycles. The second-order valence-corrected chi connectivity index (χ2v) is 9.12. The van der Waals surface area contributed by atoms with Gasteiger partial charge in [-0.25, -0.2) is 4.79 Å². The molecule has 1 heterocycles. The van der Waals surface area contributed by atoms with Crippen LogP contribution in [-0.2, 0) is 9.59 Å². The van der Waals surface area contributed by atoms with Gasteiger partial charge in [0, 0.05) is 19.0 Å². The topological polar surface area (TPSA) is 57.7 Å². The van der Waals surface area contributed by atoms with Crippen LogP contribution in [0.2, 0.25) is 0 Å². The monoisotopic (exact) mass is 358 g/mol. The largest absolute Gasteiger partial charge is 0.327 e. The first-order valence-corrected chi connectivity index (χ1v) is 10.2. The molecule has 5 nitrogen and oxygen atoms in total. The first kappa shape index (κ1) is 17.7. The highest BCUT2D eigenvalue weighted by atomic mass is 16.2. The van der Waals surface area contributed by atoms with Gasteiger partial charge in [0.1, 0.15) is 11.8 Å². The van der Waals surface area contributed by atoms with E-state index in [0.29, 0.717) is 24.8 Å². The minimum atomic E-state index is -0.748. The fraction of sp³-hybridized carbons (Fsp3) is 0.762. The standard InChI is InChI=1S/C21H30N2O3/c1-20(17-13-15-6-7-16(17)12-15)18(25)23(19(26)22(20)2)11-10-21(14-24)8-4-3-5-9-21/h6-7,14-17H,3-5,8-13H2,1-2H3/t15-,16+,17?,20?/m1/s1. The summed E-state index contributed by atoms with van der Waals surface area (Å²) >= 11 is 0. The van der Waals surface area contributed by atoms with Crippen molar-refractivity contribution in [3.8, 4) is 0 Å². The highest BCUT2D eigenvalue weighted by Gasteiger charge is 2.60. The van der Waals surface area contributed by atoms with E-state index in [0.717, 1.165) is 44.8 Å². The van der Waals surface area contributed by atoms with Crippen LogP contribution in [-0.4, -0.2) is 47.2 Å². The Kier molecular flexibility index (Phi) is 4.24. The van der Waals surface area contributed by atoms with Gasteiger partial charge in [-0.2, -0.15) is 0 Å². The Hall–Kier alpha value is -1.65. The van der Waals surface area contributed by atoms with E-state index in [1.54, 1.807) is 11.9 Å². The molecule has 3 fully saturated rings. The Morgan fingerprint density at radius 3 is 2.46 bits per heavy atom. The molecule has 4 atom stereocenters. The molecule has 5 heteroatoms. The first-order valence-electron chi connectivity index (χ1n) is 10.2. The molecule has 1 saturated heterocycles. The van der Waals surface area contributed by atoms with Crippen LogP contribution in [0.1, 0.15) is 58.3 Å².